The number of hydrogen-bond acceptors (Lipinski definition) is 5. The molecule has 0 aliphatic rings. The average molecular weight is 346 g/mol. The number of aliphatic hydroxyl groups is 1. The Morgan fingerprint density at radius 1 is 1.26 bits per heavy atom. The molecule has 0 fully saturated rings. The smallest absolute Gasteiger partial charge is 0.308 e. The lowest BCUT2D eigenvalue weighted by atomic mass is 10.0. The third kappa shape index (κ3) is 6.77. The molecule has 0 aliphatic carbocycles. The second-order valence-electron chi connectivity index (χ2n) is 5.89. The molecule has 0 radical (unpaired) electrons. The van der Waals surface area contributed by atoms with Crippen molar-refractivity contribution in [2.75, 3.05) is 13.2 Å². The van der Waals surface area contributed by atoms with Crippen LogP contribution in [0.3, 0.4) is 0 Å². The van der Waals surface area contributed by atoms with E-state index in [0.717, 1.165) is 16.7 Å². The van der Waals surface area contributed by atoms with Crippen LogP contribution >= 0.6 is 12.4 Å². The Balaban J connectivity index is 0.00000484. The van der Waals surface area contributed by atoms with Crippen molar-refractivity contribution in [2.45, 2.75) is 53.7 Å². The quantitative estimate of drug-likeness (QED) is 0.587. The highest BCUT2D eigenvalue weighted by Gasteiger charge is 2.15. The molecule has 0 bridgehead atoms. The van der Waals surface area contributed by atoms with Gasteiger partial charge in [0.1, 0.15) is 24.2 Å². The summed E-state index contributed by atoms with van der Waals surface area (Å²) >= 11 is 0. The topological polar surface area (TPSA) is 67.8 Å². The summed E-state index contributed by atoms with van der Waals surface area (Å²) in [6.07, 6.45) is -0.574. The van der Waals surface area contributed by atoms with Crippen LogP contribution in [-0.4, -0.2) is 36.4 Å². The van der Waals surface area contributed by atoms with E-state index in [2.05, 4.69) is 5.32 Å². The molecule has 0 amide bonds. The molecule has 1 atom stereocenters. The van der Waals surface area contributed by atoms with E-state index in [4.69, 9.17) is 9.47 Å². The number of ether oxygens (including phenoxy) is 2. The zero-order valence-corrected chi connectivity index (χ0v) is 15.5. The lowest BCUT2D eigenvalue weighted by molar-refractivity contribution is -0.131. The van der Waals surface area contributed by atoms with Crippen molar-refractivity contribution >= 4 is 18.4 Å². The number of nitrogens with one attached hydrogen (secondary N) is 1. The summed E-state index contributed by atoms with van der Waals surface area (Å²) in [6, 6.07) is 2.16. The molecule has 0 saturated carbocycles. The summed E-state index contributed by atoms with van der Waals surface area (Å²) < 4.78 is 11.0. The standard InChI is InChI=1S/C17H27NO4.ClH/c1-10(2)18-8-15(20)9-21-16-7-11(3)17(22-14(6)19)13(5)12(16)4;/h7,10,15,18,20H,8-9H2,1-6H3;1H. The summed E-state index contributed by atoms with van der Waals surface area (Å²) in [6.45, 7) is 11.8. The molecule has 1 aromatic rings. The predicted octanol–water partition coefficient (Wildman–Crippen LogP) is 2.70. The van der Waals surface area contributed by atoms with E-state index in [1.54, 1.807) is 0 Å². The Hall–Kier alpha value is -1.30. The highest BCUT2D eigenvalue weighted by Crippen LogP contribution is 2.33. The minimum atomic E-state index is -0.574. The maximum atomic E-state index is 11.2. The molecular weight excluding hydrogens is 318 g/mol. The lowest BCUT2D eigenvalue weighted by Crippen LogP contribution is -2.35. The Kier molecular flexibility index (Phi) is 9.20. The molecule has 23 heavy (non-hydrogen) atoms. The van der Waals surface area contributed by atoms with Gasteiger partial charge in [-0.1, -0.05) is 13.8 Å². The molecule has 0 saturated heterocycles. The first kappa shape index (κ1) is 21.7. The number of hydrogen-bond donors (Lipinski definition) is 2. The lowest BCUT2D eigenvalue weighted by Gasteiger charge is -2.19. The zero-order chi connectivity index (χ0) is 16.9. The molecule has 1 aromatic carbocycles. The normalized spacial score (nSPS) is 11.8. The largest absolute Gasteiger partial charge is 0.491 e. The van der Waals surface area contributed by atoms with E-state index in [1.807, 2.05) is 40.7 Å². The Morgan fingerprint density at radius 2 is 1.87 bits per heavy atom. The second kappa shape index (κ2) is 9.75. The van der Waals surface area contributed by atoms with Gasteiger partial charge in [0.05, 0.1) is 0 Å². The van der Waals surface area contributed by atoms with Crippen molar-refractivity contribution in [1.82, 2.24) is 5.32 Å². The van der Waals surface area contributed by atoms with Crippen LogP contribution in [0.25, 0.3) is 0 Å². The molecule has 0 heterocycles. The molecule has 0 aromatic heterocycles. The summed E-state index contributed by atoms with van der Waals surface area (Å²) in [7, 11) is 0. The summed E-state index contributed by atoms with van der Waals surface area (Å²) in [5.41, 5.74) is 2.62. The predicted molar refractivity (Wildman–Crippen MR) is 93.9 cm³/mol. The number of benzene rings is 1. The molecule has 2 N–H and O–H groups in total. The maximum Gasteiger partial charge on any atom is 0.308 e. The van der Waals surface area contributed by atoms with Crippen LogP contribution in [0.1, 0.15) is 37.5 Å². The molecule has 132 valence electrons. The average Bonchev–Trinajstić information content (AvgIpc) is 2.43. The van der Waals surface area contributed by atoms with E-state index in [9.17, 15) is 9.90 Å². The first-order chi connectivity index (χ1) is 10.2. The van der Waals surface area contributed by atoms with E-state index in [-0.39, 0.29) is 25.0 Å². The maximum absolute atomic E-state index is 11.2. The Bertz CT molecular complexity index is 532. The number of carbonyl (C=O) groups excluding carboxylic acids is 1. The van der Waals surface area contributed by atoms with Gasteiger partial charge in [0.2, 0.25) is 0 Å². The van der Waals surface area contributed by atoms with E-state index in [1.165, 1.54) is 6.92 Å². The van der Waals surface area contributed by atoms with Gasteiger partial charge >= 0.3 is 5.97 Å². The van der Waals surface area contributed by atoms with E-state index in [0.29, 0.717) is 24.1 Å². The van der Waals surface area contributed by atoms with Crippen LogP contribution in [-0.2, 0) is 4.79 Å². The zero-order valence-electron chi connectivity index (χ0n) is 14.7. The van der Waals surface area contributed by atoms with Gasteiger partial charge in [-0.2, -0.15) is 0 Å². The van der Waals surface area contributed by atoms with Gasteiger partial charge in [0.15, 0.2) is 0 Å². The molecule has 0 aliphatic heterocycles. The van der Waals surface area contributed by atoms with Gasteiger partial charge in [-0.3, -0.25) is 4.79 Å². The van der Waals surface area contributed by atoms with Crippen LogP contribution in [0.4, 0.5) is 0 Å². The number of halogens is 1. The number of carbonyl (C=O) groups is 1. The monoisotopic (exact) mass is 345 g/mol. The van der Waals surface area contributed by atoms with Crippen molar-refractivity contribution in [1.29, 1.82) is 0 Å². The highest BCUT2D eigenvalue weighted by atomic mass is 35.5. The molecule has 1 rings (SSSR count). The Morgan fingerprint density at radius 3 is 2.39 bits per heavy atom. The van der Waals surface area contributed by atoms with Crippen LogP contribution in [0, 0.1) is 20.8 Å². The van der Waals surface area contributed by atoms with Crippen molar-refractivity contribution in [2.24, 2.45) is 0 Å². The fraction of sp³-hybridized carbons (Fsp3) is 0.588. The highest BCUT2D eigenvalue weighted by molar-refractivity contribution is 5.85. The number of rotatable bonds is 7. The van der Waals surface area contributed by atoms with Gasteiger partial charge < -0.3 is 19.9 Å². The molecule has 6 heteroatoms. The number of aryl methyl sites for hydroxylation is 1. The fourth-order valence-corrected chi connectivity index (χ4v) is 2.09. The van der Waals surface area contributed by atoms with Gasteiger partial charge in [0, 0.05) is 19.5 Å². The van der Waals surface area contributed by atoms with E-state index < -0.39 is 6.10 Å². The van der Waals surface area contributed by atoms with Crippen molar-refractivity contribution in [3.8, 4) is 11.5 Å². The number of esters is 1. The van der Waals surface area contributed by atoms with Crippen molar-refractivity contribution < 1.29 is 19.4 Å². The van der Waals surface area contributed by atoms with Gasteiger partial charge in [-0.05, 0) is 43.5 Å². The molecular formula is C17H28ClNO4. The molecule has 5 nitrogen and oxygen atoms in total. The first-order valence-electron chi connectivity index (χ1n) is 7.55. The summed E-state index contributed by atoms with van der Waals surface area (Å²) in [5.74, 6) is 0.948. The SMILES string of the molecule is CC(=O)Oc1c(C)cc(OCC(O)CNC(C)C)c(C)c1C.Cl. The van der Waals surface area contributed by atoms with Gasteiger partial charge in [0.25, 0.3) is 0 Å². The number of aliphatic hydroxyl groups excluding tert-OH is 1. The van der Waals surface area contributed by atoms with Gasteiger partial charge in [-0.15, -0.1) is 12.4 Å². The first-order valence-corrected chi connectivity index (χ1v) is 7.55. The molecule has 0 spiro atoms. The Labute approximate surface area is 144 Å². The van der Waals surface area contributed by atoms with E-state index >= 15 is 0 Å². The van der Waals surface area contributed by atoms with Crippen LogP contribution in [0.15, 0.2) is 6.07 Å². The van der Waals surface area contributed by atoms with Crippen LogP contribution in [0.5, 0.6) is 11.5 Å². The van der Waals surface area contributed by atoms with Crippen molar-refractivity contribution in [3.05, 3.63) is 22.8 Å². The third-order valence-corrected chi connectivity index (χ3v) is 3.42. The minimum absolute atomic E-state index is 0. The minimum Gasteiger partial charge on any atom is -0.491 e. The second-order valence-corrected chi connectivity index (χ2v) is 5.89. The van der Waals surface area contributed by atoms with Crippen molar-refractivity contribution in [3.63, 3.8) is 0 Å². The van der Waals surface area contributed by atoms with Gasteiger partial charge in [-0.25, -0.2) is 0 Å². The van der Waals surface area contributed by atoms with Crippen LogP contribution < -0.4 is 14.8 Å². The molecule has 1 unspecified atom stereocenters. The van der Waals surface area contributed by atoms with Crippen LogP contribution in [0.2, 0.25) is 0 Å². The third-order valence-electron chi connectivity index (χ3n) is 3.42. The fourth-order valence-electron chi connectivity index (χ4n) is 2.09. The summed E-state index contributed by atoms with van der Waals surface area (Å²) in [4.78, 5) is 11.2. The summed E-state index contributed by atoms with van der Waals surface area (Å²) in [5, 5.41) is 13.1.